The normalized spacial score (nSPS) is 12.2. The van der Waals surface area contributed by atoms with Crippen LogP contribution in [-0.4, -0.2) is 14.3 Å². The Morgan fingerprint density at radius 2 is 1.50 bits per heavy atom. The fourth-order valence-corrected chi connectivity index (χ4v) is 3.68. The van der Waals surface area contributed by atoms with Crippen molar-refractivity contribution in [2.45, 2.75) is 17.9 Å². The molecule has 0 fully saturated rings. The van der Waals surface area contributed by atoms with Crippen LogP contribution in [0.3, 0.4) is 0 Å². The second-order valence-corrected chi connectivity index (χ2v) is 7.93. The fraction of sp³-hybridized carbons (Fsp3) is 0.0952. The average Bonchev–Trinajstić information content (AvgIpc) is 2.69. The summed E-state index contributed by atoms with van der Waals surface area (Å²) < 4.78 is 40.0. The number of carbonyl (C=O) groups excluding carboxylic acids is 1. The molecule has 0 radical (unpaired) electrons. The molecule has 0 saturated carbocycles. The first-order chi connectivity index (χ1) is 13.3. The molecule has 0 heterocycles. The Labute approximate surface area is 163 Å². The Balaban J connectivity index is 1.67. The van der Waals surface area contributed by atoms with Crippen molar-refractivity contribution in [3.8, 4) is 0 Å². The van der Waals surface area contributed by atoms with Crippen molar-refractivity contribution in [1.82, 2.24) is 5.32 Å². The third-order valence-corrected chi connectivity index (χ3v) is 5.57. The van der Waals surface area contributed by atoms with Crippen LogP contribution in [0.15, 0.2) is 83.8 Å². The van der Waals surface area contributed by atoms with Gasteiger partial charge in [-0.15, -0.1) is 0 Å². The van der Waals surface area contributed by atoms with Crippen LogP contribution in [0.1, 0.15) is 28.9 Å². The standard InChI is InChI=1S/C21H19FN2O3S/c1-15(16-5-3-2-4-6-16)23-21(25)17-7-11-19(12-8-17)24-28(26,27)20-13-9-18(22)10-14-20/h2-15,24H,1H3,(H,23,25)/t15-/m1/s1. The van der Waals surface area contributed by atoms with E-state index in [1.807, 2.05) is 37.3 Å². The number of sulfonamides is 1. The van der Waals surface area contributed by atoms with Crippen molar-refractivity contribution < 1.29 is 17.6 Å². The van der Waals surface area contributed by atoms with Crippen LogP contribution >= 0.6 is 0 Å². The van der Waals surface area contributed by atoms with Crippen molar-refractivity contribution in [1.29, 1.82) is 0 Å². The lowest BCUT2D eigenvalue weighted by atomic mass is 10.1. The number of anilines is 1. The summed E-state index contributed by atoms with van der Waals surface area (Å²) in [5.74, 6) is -0.775. The van der Waals surface area contributed by atoms with Crippen molar-refractivity contribution in [2.24, 2.45) is 0 Å². The van der Waals surface area contributed by atoms with E-state index in [9.17, 15) is 17.6 Å². The number of nitrogens with one attached hydrogen (secondary N) is 2. The summed E-state index contributed by atoms with van der Waals surface area (Å²) in [5.41, 5.74) is 1.70. The molecule has 0 unspecified atom stereocenters. The number of hydrogen-bond acceptors (Lipinski definition) is 3. The molecule has 5 nitrogen and oxygen atoms in total. The van der Waals surface area contributed by atoms with Gasteiger partial charge in [-0.05, 0) is 61.0 Å². The molecule has 3 aromatic carbocycles. The Bertz CT molecular complexity index is 1050. The Morgan fingerprint density at radius 3 is 2.11 bits per heavy atom. The van der Waals surface area contributed by atoms with E-state index in [2.05, 4.69) is 10.0 Å². The van der Waals surface area contributed by atoms with Gasteiger partial charge in [-0.2, -0.15) is 0 Å². The topological polar surface area (TPSA) is 75.3 Å². The lowest BCUT2D eigenvalue weighted by Gasteiger charge is -2.14. The maximum atomic E-state index is 13.0. The molecule has 144 valence electrons. The number of rotatable bonds is 6. The van der Waals surface area contributed by atoms with Gasteiger partial charge in [-0.1, -0.05) is 30.3 Å². The van der Waals surface area contributed by atoms with Gasteiger partial charge < -0.3 is 5.32 Å². The van der Waals surface area contributed by atoms with Crippen molar-refractivity contribution >= 4 is 21.6 Å². The zero-order valence-corrected chi connectivity index (χ0v) is 15.9. The maximum absolute atomic E-state index is 13.0. The molecule has 0 bridgehead atoms. The van der Waals surface area contributed by atoms with Crippen LogP contribution in [0.25, 0.3) is 0 Å². The SMILES string of the molecule is C[C@@H](NC(=O)c1ccc(NS(=O)(=O)c2ccc(F)cc2)cc1)c1ccccc1. The molecule has 0 saturated heterocycles. The number of amides is 1. The van der Waals surface area contributed by atoms with Gasteiger partial charge in [0.05, 0.1) is 10.9 Å². The number of carbonyl (C=O) groups is 1. The van der Waals surface area contributed by atoms with E-state index in [0.29, 0.717) is 11.3 Å². The highest BCUT2D eigenvalue weighted by Crippen LogP contribution is 2.18. The Kier molecular flexibility index (Phi) is 5.75. The van der Waals surface area contributed by atoms with Gasteiger partial charge >= 0.3 is 0 Å². The van der Waals surface area contributed by atoms with Crippen molar-refractivity contribution in [3.63, 3.8) is 0 Å². The van der Waals surface area contributed by atoms with Crippen LogP contribution in [0.5, 0.6) is 0 Å². The first-order valence-electron chi connectivity index (χ1n) is 8.59. The van der Waals surface area contributed by atoms with Gasteiger partial charge in [-0.3, -0.25) is 9.52 Å². The molecule has 3 aromatic rings. The van der Waals surface area contributed by atoms with Crippen molar-refractivity contribution in [2.75, 3.05) is 4.72 Å². The van der Waals surface area contributed by atoms with Gasteiger partial charge in [0.1, 0.15) is 5.82 Å². The third-order valence-electron chi connectivity index (χ3n) is 4.17. The molecule has 0 spiro atoms. The van der Waals surface area contributed by atoms with Crippen LogP contribution in [0.2, 0.25) is 0 Å². The van der Waals surface area contributed by atoms with Crippen LogP contribution in [0, 0.1) is 5.82 Å². The first-order valence-corrected chi connectivity index (χ1v) is 10.1. The largest absolute Gasteiger partial charge is 0.346 e. The summed E-state index contributed by atoms with van der Waals surface area (Å²) in [4.78, 5) is 12.3. The molecule has 3 rings (SSSR count). The van der Waals surface area contributed by atoms with E-state index < -0.39 is 15.8 Å². The molecular weight excluding hydrogens is 379 g/mol. The molecule has 0 aliphatic heterocycles. The smallest absolute Gasteiger partial charge is 0.261 e. The Hall–Kier alpha value is -3.19. The summed E-state index contributed by atoms with van der Waals surface area (Å²) in [6.07, 6.45) is 0. The van der Waals surface area contributed by atoms with Crippen LogP contribution < -0.4 is 10.0 Å². The summed E-state index contributed by atoms with van der Waals surface area (Å²) in [6, 6.07) is 20.0. The van der Waals surface area contributed by atoms with E-state index in [1.165, 1.54) is 36.4 Å². The minimum Gasteiger partial charge on any atom is -0.346 e. The highest BCUT2D eigenvalue weighted by atomic mass is 32.2. The maximum Gasteiger partial charge on any atom is 0.261 e. The lowest BCUT2D eigenvalue weighted by molar-refractivity contribution is 0.0940. The van der Waals surface area contributed by atoms with Crippen LogP contribution in [0.4, 0.5) is 10.1 Å². The number of benzene rings is 3. The van der Waals surface area contributed by atoms with E-state index in [4.69, 9.17) is 0 Å². The summed E-state index contributed by atoms with van der Waals surface area (Å²) in [5, 5.41) is 2.90. The molecule has 7 heteroatoms. The zero-order valence-electron chi connectivity index (χ0n) is 15.1. The summed E-state index contributed by atoms with van der Waals surface area (Å²) >= 11 is 0. The van der Waals surface area contributed by atoms with Gasteiger partial charge in [0.25, 0.3) is 15.9 Å². The zero-order chi connectivity index (χ0) is 20.1. The van der Waals surface area contributed by atoms with E-state index >= 15 is 0 Å². The molecular formula is C21H19FN2O3S. The first kappa shape index (κ1) is 19.6. The molecule has 0 aliphatic rings. The monoisotopic (exact) mass is 398 g/mol. The minimum atomic E-state index is -3.84. The van der Waals surface area contributed by atoms with Gasteiger partial charge in [-0.25, -0.2) is 12.8 Å². The highest BCUT2D eigenvalue weighted by Gasteiger charge is 2.15. The summed E-state index contributed by atoms with van der Waals surface area (Å²) in [6.45, 7) is 1.89. The predicted molar refractivity (Wildman–Crippen MR) is 106 cm³/mol. The third kappa shape index (κ3) is 4.75. The second-order valence-electron chi connectivity index (χ2n) is 6.24. The van der Waals surface area contributed by atoms with Gasteiger partial charge in [0.15, 0.2) is 0 Å². The van der Waals surface area contributed by atoms with Crippen LogP contribution in [-0.2, 0) is 10.0 Å². The lowest BCUT2D eigenvalue weighted by Crippen LogP contribution is -2.26. The van der Waals surface area contributed by atoms with E-state index in [1.54, 1.807) is 0 Å². The quantitative estimate of drug-likeness (QED) is 0.656. The van der Waals surface area contributed by atoms with Gasteiger partial charge in [0, 0.05) is 11.3 Å². The summed E-state index contributed by atoms with van der Waals surface area (Å²) in [7, 11) is -3.84. The Morgan fingerprint density at radius 1 is 0.893 bits per heavy atom. The molecule has 0 aromatic heterocycles. The number of hydrogen-bond donors (Lipinski definition) is 2. The second kappa shape index (κ2) is 8.22. The molecule has 1 amide bonds. The minimum absolute atomic E-state index is 0.0487. The molecule has 2 N–H and O–H groups in total. The fourth-order valence-electron chi connectivity index (χ4n) is 2.62. The van der Waals surface area contributed by atoms with Crippen molar-refractivity contribution in [3.05, 3.63) is 95.8 Å². The highest BCUT2D eigenvalue weighted by molar-refractivity contribution is 7.92. The van der Waals surface area contributed by atoms with Gasteiger partial charge in [0.2, 0.25) is 0 Å². The predicted octanol–water partition coefficient (Wildman–Crippen LogP) is 4.12. The molecule has 28 heavy (non-hydrogen) atoms. The molecule has 1 atom stereocenters. The van der Waals surface area contributed by atoms with E-state index in [0.717, 1.165) is 17.7 Å². The average molecular weight is 398 g/mol. The van der Waals surface area contributed by atoms with E-state index in [-0.39, 0.29) is 16.8 Å². The number of halogens is 1. The molecule has 0 aliphatic carbocycles.